The van der Waals surface area contributed by atoms with E-state index in [1.165, 1.54) is 18.9 Å². The Labute approximate surface area is 150 Å². The minimum absolute atomic E-state index is 0.260. The molecule has 0 aliphatic heterocycles. The molecule has 27 heavy (non-hydrogen) atoms. The Morgan fingerprint density at radius 1 is 1.11 bits per heavy atom. The molecule has 2 heterocycles. The van der Waals surface area contributed by atoms with Gasteiger partial charge in [-0.2, -0.15) is 31.6 Å². The Hall–Kier alpha value is -3.23. The second kappa shape index (κ2) is 7.56. The number of nitrogens with zero attached hydrogens (tertiary/aromatic N) is 4. The smallest absolute Gasteiger partial charge is 0.419 e. The summed E-state index contributed by atoms with van der Waals surface area (Å²) in [6, 6.07) is -0.538. The van der Waals surface area contributed by atoms with Gasteiger partial charge in [-0.25, -0.2) is 14.5 Å². The highest BCUT2D eigenvalue weighted by Crippen LogP contribution is 2.32. The van der Waals surface area contributed by atoms with Gasteiger partial charge in [0, 0.05) is 6.20 Å². The van der Waals surface area contributed by atoms with Crippen molar-refractivity contribution in [2.24, 2.45) is 0 Å². The number of aromatic nitrogens is 4. The van der Waals surface area contributed by atoms with Crippen LogP contribution >= 0.6 is 0 Å². The van der Waals surface area contributed by atoms with Crippen LogP contribution in [-0.2, 0) is 16.2 Å². The van der Waals surface area contributed by atoms with E-state index in [4.69, 9.17) is 9.47 Å². The molecule has 2 aromatic rings. The number of alkyl halides is 3. The van der Waals surface area contributed by atoms with Crippen molar-refractivity contribution in [2.75, 3.05) is 19.5 Å². The standard InChI is InChI=1S/C12H11F3N6O5S/c1-25-10-18-8(19-11(20-10)26-2)17-9(22)21-27(23,24)7-6(12(13,14)15)4-3-5-16-7/h3-5H,1-2H3,(H2,17,18,19,20,21,22). The Kier molecular flexibility index (Phi) is 5.63. The van der Waals surface area contributed by atoms with Crippen molar-refractivity contribution in [3.05, 3.63) is 23.9 Å². The van der Waals surface area contributed by atoms with Crippen LogP contribution in [0.1, 0.15) is 5.56 Å². The predicted octanol–water partition coefficient (Wildman–Crippen LogP) is 0.813. The summed E-state index contributed by atoms with van der Waals surface area (Å²) in [5.74, 6) is -0.469. The molecule has 0 atom stereocenters. The average Bonchev–Trinajstić information content (AvgIpc) is 2.60. The van der Waals surface area contributed by atoms with E-state index >= 15 is 0 Å². The van der Waals surface area contributed by atoms with Crippen LogP contribution in [-0.4, -0.2) is 48.6 Å². The summed E-state index contributed by atoms with van der Waals surface area (Å²) in [6.07, 6.45) is -4.16. The number of ether oxygens (including phenoxy) is 2. The first-order valence-corrected chi connectivity index (χ1v) is 8.25. The number of hydrogen-bond acceptors (Lipinski definition) is 9. The van der Waals surface area contributed by atoms with Crippen LogP contribution in [0, 0.1) is 0 Å². The van der Waals surface area contributed by atoms with Gasteiger partial charge in [-0.3, -0.25) is 5.32 Å². The first kappa shape index (κ1) is 20.1. The zero-order valence-electron chi connectivity index (χ0n) is 13.6. The summed E-state index contributed by atoms with van der Waals surface area (Å²) < 4.78 is 73.9. The van der Waals surface area contributed by atoms with Crippen molar-refractivity contribution in [1.29, 1.82) is 0 Å². The number of halogens is 3. The number of carbonyl (C=O) groups is 1. The van der Waals surface area contributed by atoms with E-state index in [2.05, 4.69) is 19.9 Å². The molecule has 0 fully saturated rings. The van der Waals surface area contributed by atoms with Gasteiger partial charge in [0.15, 0.2) is 5.03 Å². The van der Waals surface area contributed by atoms with Crippen LogP contribution in [0.3, 0.4) is 0 Å². The molecule has 146 valence electrons. The van der Waals surface area contributed by atoms with Crippen molar-refractivity contribution >= 4 is 22.0 Å². The SMILES string of the molecule is COc1nc(NC(=O)NS(=O)(=O)c2ncccc2C(F)(F)F)nc(OC)n1. The van der Waals surface area contributed by atoms with Crippen LogP contribution in [0.4, 0.5) is 23.9 Å². The van der Waals surface area contributed by atoms with Crippen LogP contribution < -0.4 is 19.5 Å². The topological polar surface area (TPSA) is 145 Å². The van der Waals surface area contributed by atoms with Gasteiger partial charge in [-0.1, -0.05) is 0 Å². The number of carbonyl (C=O) groups excluding carboxylic acids is 1. The monoisotopic (exact) mass is 408 g/mol. The van der Waals surface area contributed by atoms with Gasteiger partial charge in [0.25, 0.3) is 10.0 Å². The first-order valence-electron chi connectivity index (χ1n) is 6.77. The molecular formula is C12H11F3N6O5S. The molecule has 2 N–H and O–H groups in total. The lowest BCUT2D eigenvalue weighted by Crippen LogP contribution is -2.36. The highest BCUT2D eigenvalue weighted by Gasteiger charge is 2.38. The lowest BCUT2D eigenvalue weighted by molar-refractivity contribution is -0.140. The third-order valence-corrected chi connectivity index (χ3v) is 4.03. The number of rotatable bonds is 5. The maximum Gasteiger partial charge on any atom is 0.419 e. The second-order valence-electron chi connectivity index (χ2n) is 4.55. The molecule has 0 spiro atoms. The van der Waals surface area contributed by atoms with E-state index < -0.39 is 38.8 Å². The summed E-state index contributed by atoms with van der Waals surface area (Å²) in [5, 5.41) is 0.552. The van der Waals surface area contributed by atoms with Gasteiger partial charge in [0.1, 0.15) is 0 Å². The third-order valence-electron chi connectivity index (χ3n) is 2.74. The Bertz CT molecular complexity index is 931. The Balaban J connectivity index is 2.26. The minimum Gasteiger partial charge on any atom is -0.467 e. The number of methoxy groups -OCH3 is 2. The molecule has 0 saturated heterocycles. The van der Waals surface area contributed by atoms with Crippen molar-refractivity contribution in [3.8, 4) is 12.0 Å². The number of amides is 2. The Morgan fingerprint density at radius 2 is 1.70 bits per heavy atom. The molecular weight excluding hydrogens is 397 g/mol. The molecule has 0 aliphatic carbocycles. The highest BCUT2D eigenvalue weighted by molar-refractivity contribution is 7.90. The molecule has 2 aromatic heterocycles. The van der Waals surface area contributed by atoms with Crippen molar-refractivity contribution < 1.29 is 35.9 Å². The van der Waals surface area contributed by atoms with Gasteiger partial charge in [-0.05, 0) is 12.1 Å². The Morgan fingerprint density at radius 3 is 2.22 bits per heavy atom. The zero-order chi connectivity index (χ0) is 20.2. The van der Waals surface area contributed by atoms with Crippen molar-refractivity contribution in [3.63, 3.8) is 0 Å². The molecule has 0 bridgehead atoms. The normalized spacial score (nSPS) is 11.6. The summed E-state index contributed by atoms with van der Waals surface area (Å²) in [7, 11) is -2.53. The first-order chi connectivity index (χ1) is 12.6. The maximum atomic E-state index is 12.9. The largest absolute Gasteiger partial charge is 0.467 e. The molecule has 15 heteroatoms. The summed E-state index contributed by atoms with van der Waals surface area (Å²) in [4.78, 5) is 25.9. The fraction of sp³-hybridized carbons (Fsp3) is 0.250. The van der Waals surface area contributed by atoms with Gasteiger partial charge in [0.2, 0.25) is 5.95 Å². The molecule has 0 saturated carbocycles. The van der Waals surface area contributed by atoms with Crippen molar-refractivity contribution in [1.82, 2.24) is 24.7 Å². The summed E-state index contributed by atoms with van der Waals surface area (Å²) in [5.41, 5.74) is -1.53. The van der Waals surface area contributed by atoms with E-state index in [9.17, 15) is 26.4 Å². The average molecular weight is 408 g/mol. The number of urea groups is 1. The third kappa shape index (κ3) is 4.90. The highest BCUT2D eigenvalue weighted by atomic mass is 32.2. The van der Waals surface area contributed by atoms with Gasteiger partial charge >= 0.3 is 24.2 Å². The number of nitrogens with one attached hydrogen (secondary N) is 2. The molecule has 0 radical (unpaired) electrons. The molecule has 11 nitrogen and oxygen atoms in total. The molecule has 2 amide bonds. The quantitative estimate of drug-likeness (QED) is 0.734. The van der Waals surface area contributed by atoms with Crippen LogP contribution in [0.25, 0.3) is 0 Å². The van der Waals surface area contributed by atoms with E-state index in [1.807, 2.05) is 5.32 Å². The fourth-order valence-electron chi connectivity index (χ4n) is 1.69. The van der Waals surface area contributed by atoms with Gasteiger partial charge in [-0.15, -0.1) is 4.98 Å². The number of hydrogen-bond donors (Lipinski definition) is 2. The fourth-order valence-corrected chi connectivity index (χ4v) is 2.76. The maximum absolute atomic E-state index is 12.9. The van der Waals surface area contributed by atoms with Crippen LogP contribution in [0.15, 0.2) is 23.4 Å². The van der Waals surface area contributed by atoms with E-state index in [1.54, 1.807) is 0 Å². The molecule has 0 unspecified atom stereocenters. The van der Waals surface area contributed by atoms with E-state index in [0.717, 1.165) is 12.3 Å². The minimum atomic E-state index is -5.00. The molecule has 0 aliphatic rings. The van der Waals surface area contributed by atoms with Gasteiger partial charge in [0.05, 0.1) is 19.8 Å². The number of anilines is 1. The zero-order valence-corrected chi connectivity index (χ0v) is 14.4. The lowest BCUT2D eigenvalue weighted by atomic mass is 10.3. The van der Waals surface area contributed by atoms with Crippen LogP contribution in [0.2, 0.25) is 0 Å². The number of sulfonamides is 1. The van der Waals surface area contributed by atoms with Crippen LogP contribution in [0.5, 0.6) is 12.0 Å². The van der Waals surface area contributed by atoms with Gasteiger partial charge < -0.3 is 9.47 Å². The lowest BCUT2D eigenvalue weighted by Gasteiger charge is -2.12. The predicted molar refractivity (Wildman–Crippen MR) is 81.5 cm³/mol. The summed E-state index contributed by atoms with van der Waals surface area (Å²) >= 11 is 0. The number of pyridine rings is 1. The van der Waals surface area contributed by atoms with Crippen molar-refractivity contribution in [2.45, 2.75) is 11.2 Å². The molecule has 0 aromatic carbocycles. The molecule has 2 rings (SSSR count). The van der Waals surface area contributed by atoms with E-state index in [-0.39, 0.29) is 12.0 Å². The van der Waals surface area contributed by atoms with E-state index in [0.29, 0.717) is 6.07 Å². The second-order valence-corrected chi connectivity index (χ2v) is 6.14. The summed E-state index contributed by atoms with van der Waals surface area (Å²) in [6.45, 7) is 0.